The highest BCUT2D eigenvalue weighted by molar-refractivity contribution is 6.03. The van der Waals surface area contributed by atoms with Gasteiger partial charge in [0.25, 0.3) is 11.5 Å². The molecule has 0 saturated heterocycles. The average molecular weight is 450 g/mol. The molecule has 7 nitrogen and oxygen atoms in total. The molecule has 0 radical (unpaired) electrons. The van der Waals surface area contributed by atoms with E-state index in [2.05, 4.69) is 31.2 Å². The van der Waals surface area contributed by atoms with E-state index in [1.165, 1.54) is 4.68 Å². The quantitative estimate of drug-likeness (QED) is 0.351. The SMILES string of the molecule is CCCCCn1nc(C(=O)OCC(=O)Nc2ccccc2[C@@H](C)CC)c2ccccc2c1=O. The average Bonchev–Trinajstić information content (AvgIpc) is 2.84. The van der Waals surface area contributed by atoms with Crippen molar-refractivity contribution in [3.8, 4) is 0 Å². The normalized spacial score (nSPS) is 11.8. The van der Waals surface area contributed by atoms with Gasteiger partial charge in [0.05, 0.1) is 5.39 Å². The largest absolute Gasteiger partial charge is 0.451 e. The summed E-state index contributed by atoms with van der Waals surface area (Å²) in [6.07, 6.45) is 3.69. The highest BCUT2D eigenvalue weighted by atomic mass is 16.5. The Morgan fingerprint density at radius 1 is 1.03 bits per heavy atom. The Bertz CT molecular complexity index is 1190. The van der Waals surface area contributed by atoms with Gasteiger partial charge >= 0.3 is 5.97 Å². The van der Waals surface area contributed by atoms with Crippen LogP contribution >= 0.6 is 0 Å². The Balaban J connectivity index is 1.76. The first-order valence-corrected chi connectivity index (χ1v) is 11.5. The Morgan fingerprint density at radius 2 is 1.73 bits per heavy atom. The van der Waals surface area contributed by atoms with Crippen molar-refractivity contribution >= 4 is 28.3 Å². The molecule has 2 aromatic carbocycles. The molecule has 0 aliphatic heterocycles. The van der Waals surface area contributed by atoms with E-state index in [1.807, 2.05) is 24.3 Å². The Morgan fingerprint density at radius 3 is 2.45 bits per heavy atom. The summed E-state index contributed by atoms with van der Waals surface area (Å²) in [5.74, 6) is -0.881. The van der Waals surface area contributed by atoms with E-state index in [0.29, 0.717) is 23.0 Å². The summed E-state index contributed by atoms with van der Waals surface area (Å²) in [5, 5.41) is 7.94. The van der Waals surface area contributed by atoms with Crippen LogP contribution in [0, 0.1) is 0 Å². The molecule has 174 valence electrons. The fraction of sp³-hybridized carbons (Fsp3) is 0.385. The number of esters is 1. The molecule has 1 heterocycles. The van der Waals surface area contributed by atoms with Crippen molar-refractivity contribution < 1.29 is 14.3 Å². The van der Waals surface area contributed by atoms with E-state index in [-0.39, 0.29) is 17.2 Å². The third kappa shape index (κ3) is 5.86. The molecule has 1 aromatic heterocycles. The summed E-state index contributed by atoms with van der Waals surface area (Å²) in [5.41, 5.74) is 1.54. The number of benzene rings is 2. The van der Waals surface area contributed by atoms with Crippen LogP contribution in [0.1, 0.15) is 68.4 Å². The zero-order valence-corrected chi connectivity index (χ0v) is 19.5. The maximum atomic E-state index is 12.9. The Kier molecular flexibility index (Phi) is 8.35. The number of fused-ring (bicyclic) bond motifs is 1. The summed E-state index contributed by atoms with van der Waals surface area (Å²) >= 11 is 0. The van der Waals surface area contributed by atoms with Crippen molar-refractivity contribution in [2.75, 3.05) is 11.9 Å². The molecule has 0 fully saturated rings. The standard InChI is InChI=1S/C26H31N3O4/c1-4-6-11-16-29-25(31)21-14-8-7-13-20(21)24(28-29)26(32)33-17-23(30)27-22-15-10-9-12-19(22)18(3)5-2/h7-10,12-15,18H,4-6,11,16-17H2,1-3H3,(H,27,30)/t18-/m0/s1. The third-order valence-corrected chi connectivity index (χ3v) is 5.75. The molecule has 0 saturated carbocycles. The van der Waals surface area contributed by atoms with E-state index >= 15 is 0 Å². The van der Waals surface area contributed by atoms with Crippen LogP contribution in [0.5, 0.6) is 0 Å². The van der Waals surface area contributed by atoms with Gasteiger partial charge in [-0.15, -0.1) is 0 Å². The molecule has 1 N–H and O–H groups in total. The van der Waals surface area contributed by atoms with Crippen molar-refractivity contribution in [1.29, 1.82) is 0 Å². The molecule has 1 amide bonds. The number of anilines is 1. The number of ether oxygens (including phenoxy) is 1. The second-order valence-electron chi connectivity index (χ2n) is 8.15. The second-order valence-corrected chi connectivity index (χ2v) is 8.15. The highest BCUT2D eigenvalue weighted by Gasteiger charge is 2.19. The van der Waals surface area contributed by atoms with Crippen LogP contribution < -0.4 is 10.9 Å². The molecule has 0 unspecified atom stereocenters. The van der Waals surface area contributed by atoms with Crippen LogP contribution in [0.2, 0.25) is 0 Å². The first kappa shape index (κ1) is 24.2. The molecule has 0 aliphatic carbocycles. The fourth-order valence-corrected chi connectivity index (χ4v) is 3.70. The number of unbranched alkanes of at least 4 members (excludes halogenated alkanes) is 2. The van der Waals surface area contributed by atoms with Gasteiger partial charge < -0.3 is 10.1 Å². The van der Waals surface area contributed by atoms with Crippen molar-refractivity contribution in [2.45, 2.75) is 58.9 Å². The minimum absolute atomic E-state index is 0.0366. The van der Waals surface area contributed by atoms with E-state index in [0.717, 1.165) is 31.2 Å². The zero-order valence-electron chi connectivity index (χ0n) is 19.5. The van der Waals surface area contributed by atoms with Gasteiger partial charge in [-0.05, 0) is 36.5 Å². The molecular weight excluding hydrogens is 418 g/mol. The third-order valence-electron chi connectivity index (χ3n) is 5.75. The lowest BCUT2D eigenvalue weighted by Crippen LogP contribution is -2.28. The number of rotatable bonds is 10. The fourth-order valence-electron chi connectivity index (χ4n) is 3.70. The summed E-state index contributed by atoms with van der Waals surface area (Å²) in [6, 6.07) is 14.4. The number of hydrogen-bond acceptors (Lipinski definition) is 5. The number of amides is 1. The number of nitrogens with zero attached hydrogens (tertiary/aromatic N) is 2. The van der Waals surface area contributed by atoms with Crippen molar-refractivity contribution in [3.05, 3.63) is 70.1 Å². The van der Waals surface area contributed by atoms with Gasteiger partial charge in [0.1, 0.15) is 0 Å². The van der Waals surface area contributed by atoms with Crippen molar-refractivity contribution in [1.82, 2.24) is 9.78 Å². The highest BCUT2D eigenvalue weighted by Crippen LogP contribution is 2.26. The van der Waals surface area contributed by atoms with Crippen LogP contribution in [0.4, 0.5) is 5.69 Å². The zero-order chi connectivity index (χ0) is 23.8. The molecular formula is C26H31N3O4. The monoisotopic (exact) mass is 449 g/mol. The Hall–Kier alpha value is -3.48. The predicted octanol–water partition coefficient (Wildman–Crippen LogP) is 4.90. The predicted molar refractivity (Wildman–Crippen MR) is 130 cm³/mol. The molecule has 0 bridgehead atoms. The molecule has 33 heavy (non-hydrogen) atoms. The topological polar surface area (TPSA) is 90.3 Å². The van der Waals surface area contributed by atoms with Crippen molar-refractivity contribution in [2.24, 2.45) is 0 Å². The van der Waals surface area contributed by atoms with E-state index < -0.39 is 18.5 Å². The van der Waals surface area contributed by atoms with Gasteiger partial charge in [0.15, 0.2) is 12.3 Å². The lowest BCUT2D eigenvalue weighted by molar-refractivity contribution is -0.119. The number of aromatic nitrogens is 2. The maximum Gasteiger partial charge on any atom is 0.359 e. The van der Waals surface area contributed by atoms with Gasteiger partial charge in [0, 0.05) is 17.6 Å². The molecule has 7 heteroatoms. The summed E-state index contributed by atoms with van der Waals surface area (Å²) in [6.45, 7) is 6.23. The molecule has 1 atom stereocenters. The molecule has 0 spiro atoms. The smallest absolute Gasteiger partial charge is 0.359 e. The number of nitrogens with one attached hydrogen (secondary N) is 1. The Labute approximate surface area is 193 Å². The van der Waals surface area contributed by atoms with Crippen LogP contribution in [0.15, 0.2) is 53.3 Å². The van der Waals surface area contributed by atoms with Crippen molar-refractivity contribution in [3.63, 3.8) is 0 Å². The first-order chi connectivity index (χ1) is 16.0. The maximum absolute atomic E-state index is 12.9. The van der Waals surface area contributed by atoms with Crippen LogP contribution in [-0.4, -0.2) is 28.3 Å². The number of para-hydroxylation sites is 1. The van der Waals surface area contributed by atoms with Crippen LogP contribution in [-0.2, 0) is 16.1 Å². The van der Waals surface area contributed by atoms with Gasteiger partial charge in [-0.1, -0.05) is 70.0 Å². The summed E-state index contributed by atoms with van der Waals surface area (Å²) in [7, 11) is 0. The van der Waals surface area contributed by atoms with Gasteiger partial charge in [-0.2, -0.15) is 5.10 Å². The lowest BCUT2D eigenvalue weighted by atomic mass is 9.97. The van der Waals surface area contributed by atoms with E-state index in [4.69, 9.17) is 4.74 Å². The second kappa shape index (κ2) is 11.4. The van der Waals surface area contributed by atoms with E-state index in [9.17, 15) is 14.4 Å². The number of carbonyl (C=O) groups is 2. The van der Waals surface area contributed by atoms with Gasteiger partial charge in [-0.3, -0.25) is 9.59 Å². The van der Waals surface area contributed by atoms with Crippen LogP contribution in [0.25, 0.3) is 10.8 Å². The van der Waals surface area contributed by atoms with E-state index in [1.54, 1.807) is 24.3 Å². The first-order valence-electron chi connectivity index (χ1n) is 11.5. The lowest BCUT2D eigenvalue weighted by Gasteiger charge is -2.15. The van der Waals surface area contributed by atoms with Gasteiger partial charge in [-0.25, -0.2) is 9.48 Å². The number of carbonyl (C=O) groups excluding carboxylic acids is 2. The van der Waals surface area contributed by atoms with Crippen LogP contribution in [0.3, 0.4) is 0 Å². The molecule has 0 aliphatic rings. The van der Waals surface area contributed by atoms with Gasteiger partial charge in [0.2, 0.25) is 0 Å². The molecule has 3 aromatic rings. The molecule has 3 rings (SSSR count). The minimum Gasteiger partial charge on any atom is -0.451 e. The number of hydrogen-bond donors (Lipinski definition) is 1. The summed E-state index contributed by atoms with van der Waals surface area (Å²) < 4.78 is 6.61. The number of aryl methyl sites for hydroxylation is 1. The minimum atomic E-state index is -0.735. The summed E-state index contributed by atoms with van der Waals surface area (Å²) in [4.78, 5) is 38.1.